The van der Waals surface area contributed by atoms with Gasteiger partial charge in [0.15, 0.2) is 6.61 Å². The lowest BCUT2D eigenvalue weighted by molar-refractivity contribution is -0.148. The number of amides is 1. The molecule has 1 heterocycles. The van der Waals surface area contributed by atoms with Crippen LogP contribution in [0, 0.1) is 5.92 Å². The molecule has 1 N–H and O–H groups in total. The molecule has 1 amide bonds. The fourth-order valence-corrected chi connectivity index (χ4v) is 2.60. The Morgan fingerprint density at radius 1 is 1.29 bits per heavy atom. The zero-order valence-corrected chi connectivity index (χ0v) is 12.3. The van der Waals surface area contributed by atoms with Crippen LogP contribution in [0.3, 0.4) is 0 Å². The average molecular weight is 293 g/mol. The van der Waals surface area contributed by atoms with Crippen molar-refractivity contribution >= 4 is 11.9 Å². The summed E-state index contributed by atoms with van der Waals surface area (Å²) in [4.78, 5) is 23.1. The van der Waals surface area contributed by atoms with Crippen molar-refractivity contribution in [3.05, 3.63) is 24.2 Å². The van der Waals surface area contributed by atoms with Crippen LogP contribution in [0.5, 0.6) is 0 Å². The predicted octanol–water partition coefficient (Wildman–Crippen LogP) is 2.45. The summed E-state index contributed by atoms with van der Waals surface area (Å²) >= 11 is 0. The minimum Gasteiger partial charge on any atom is -0.469 e. The van der Waals surface area contributed by atoms with E-state index in [2.05, 4.69) is 5.32 Å². The number of esters is 1. The van der Waals surface area contributed by atoms with E-state index in [0.29, 0.717) is 18.9 Å². The van der Waals surface area contributed by atoms with Gasteiger partial charge in [-0.05, 0) is 30.9 Å². The highest BCUT2D eigenvalue weighted by molar-refractivity contribution is 5.80. The van der Waals surface area contributed by atoms with Crippen molar-refractivity contribution in [1.82, 2.24) is 5.32 Å². The van der Waals surface area contributed by atoms with Crippen molar-refractivity contribution in [2.24, 2.45) is 5.92 Å². The first-order valence-corrected chi connectivity index (χ1v) is 7.69. The molecule has 0 bridgehead atoms. The average Bonchev–Trinajstić information content (AvgIpc) is 3.03. The van der Waals surface area contributed by atoms with Crippen LogP contribution in [0.25, 0.3) is 0 Å². The molecule has 1 saturated carbocycles. The summed E-state index contributed by atoms with van der Waals surface area (Å²) in [6.07, 6.45) is 8.47. The first-order valence-electron chi connectivity index (χ1n) is 7.69. The summed E-state index contributed by atoms with van der Waals surface area (Å²) in [5.41, 5.74) is 0. The third kappa shape index (κ3) is 6.02. The van der Waals surface area contributed by atoms with E-state index in [-0.39, 0.29) is 24.9 Å². The van der Waals surface area contributed by atoms with E-state index in [1.54, 1.807) is 12.3 Å². The monoisotopic (exact) mass is 293 g/mol. The maximum atomic E-state index is 11.6. The van der Waals surface area contributed by atoms with Crippen LogP contribution >= 0.6 is 0 Å². The van der Waals surface area contributed by atoms with Crippen molar-refractivity contribution in [1.29, 1.82) is 0 Å². The molecule has 0 saturated heterocycles. The summed E-state index contributed by atoms with van der Waals surface area (Å²) in [6.45, 7) is 0.506. The van der Waals surface area contributed by atoms with Gasteiger partial charge in [0, 0.05) is 13.0 Å². The Labute approximate surface area is 125 Å². The molecule has 5 nitrogen and oxygen atoms in total. The Morgan fingerprint density at radius 3 is 2.81 bits per heavy atom. The van der Waals surface area contributed by atoms with Crippen molar-refractivity contribution in [2.45, 2.75) is 44.9 Å². The molecule has 0 unspecified atom stereocenters. The predicted molar refractivity (Wildman–Crippen MR) is 77.6 cm³/mol. The van der Waals surface area contributed by atoms with Crippen molar-refractivity contribution in [3.8, 4) is 0 Å². The first-order chi connectivity index (χ1) is 10.2. The van der Waals surface area contributed by atoms with Gasteiger partial charge in [-0.3, -0.25) is 9.59 Å². The van der Waals surface area contributed by atoms with Gasteiger partial charge in [0.05, 0.1) is 12.7 Å². The summed E-state index contributed by atoms with van der Waals surface area (Å²) < 4.78 is 10.1. The molecule has 0 radical (unpaired) electrons. The fraction of sp³-hybridized carbons (Fsp3) is 0.625. The van der Waals surface area contributed by atoms with E-state index in [1.807, 2.05) is 6.07 Å². The fourth-order valence-electron chi connectivity index (χ4n) is 2.60. The number of furan rings is 1. The van der Waals surface area contributed by atoms with Gasteiger partial charge < -0.3 is 14.5 Å². The molecule has 5 heteroatoms. The lowest BCUT2D eigenvalue weighted by atomic mass is 9.89. The molecule has 1 aromatic heterocycles. The maximum Gasteiger partial charge on any atom is 0.306 e. The Morgan fingerprint density at radius 2 is 2.10 bits per heavy atom. The maximum absolute atomic E-state index is 11.6. The van der Waals surface area contributed by atoms with Gasteiger partial charge >= 0.3 is 5.97 Å². The Balaban J connectivity index is 1.54. The first kappa shape index (κ1) is 15.6. The van der Waals surface area contributed by atoms with E-state index in [1.165, 1.54) is 32.1 Å². The van der Waals surface area contributed by atoms with Gasteiger partial charge in [0.2, 0.25) is 0 Å². The van der Waals surface area contributed by atoms with Crippen LogP contribution in [-0.4, -0.2) is 25.0 Å². The minimum atomic E-state index is -0.376. The second-order valence-electron chi connectivity index (χ2n) is 5.55. The molecule has 21 heavy (non-hydrogen) atoms. The van der Waals surface area contributed by atoms with E-state index < -0.39 is 0 Å². The zero-order valence-electron chi connectivity index (χ0n) is 12.3. The van der Waals surface area contributed by atoms with E-state index in [0.717, 1.165) is 5.76 Å². The van der Waals surface area contributed by atoms with Crippen LogP contribution in [-0.2, 0) is 20.7 Å². The molecule has 116 valence electrons. The highest BCUT2D eigenvalue weighted by Gasteiger charge is 2.15. The largest absolute Gasteiger partial charge is 0.469 e. The molecule has 0 aromatic carbocycles. The Kier molecular flexibility index (Phi) is 6.31. The molecule has 0 atom stereocenters. The van der Waals surface area contributed by atoms with Crippen molar-refractivity contribution in [3.63, 3.8) is 0 Å². The van der Waals surface area contributed by atoms with Crippen molar-refractivity contribution in [2.75, 3.05) is 13.2 Å². The minimum absolute atomic E-state index is 0.191. The summed E-state index contributed by atoms with van der Waals surface area (Å²) in [5.74, 6) is 0.734. The van der Waals surface area contributed by atoms with E-state index >= 15 is 0 Å². The molecular formula is C16H23NO4. The number of ether oxygens (including phenoxy) is 1. The smallest absolute Gasteiger partial charge is 0.306 e. The molecule has 0 aliphatic heterocycles. The van der Waals surface area contributed by atoms with Crippen LogP contribution in [0.1, 0.15) is 44.3 Å². The highest BCUT2D eigenvalue weighted by Crippen LogP contribution is 2.22. The number of carbonyl (C=O) groups excluding carboxylic acids is 2. The molecule has 1 aliphatic carbocycles. The van der Waals surface area contributed by atoms with Crippen LogP contribution in [0.15, 0.2) is 22.8 Å². The number of hydrogen-bond acceptors (Lipinski definition) is 4. The summed E-state index contributed by atoms with van der Waals surface area (Å²) in [5, 5.41) is 2.84. The molecule has 0 spiro atoms. The lowest BCUT2D eigenvalue weighted by Gasteiger charge is -2.21. The zero-order chi connectivity index (χ0) is 14.9. The number of aryl methyl sites for hydroxylation is 1. The van der Waals surface area contributed by atoms with Crippen LogP contribution in [0.4, 0.5) is 0 Å². The van der Waals surface area contributed by atoms with Crippen molar-refractivity contribution < 1.29 is 18.7 Å². The molecule has 1 aromatic rings. The second-order valence-corrected chi connectivity index (χ2v) is 5.55. The topological polar surface area (TPSA) is 68.5 Å². The second kappa shape index (κ2) is 8.49. The Hall–Kier alpha value is -1.78. The van der Waals surface area contributed by atoms with E-state index in [4.69, 9.17) is 9.15 Å². The van der Waals surface area contributed by atoms with Gasteiger partial charge in [0.25, 0.3) is 5.91 Å². The molecular weight excluding hydrogens is 270 g/mol. The number of rotatable bonds is 7. The molecule has 1 aliphatic rings. The SMILES string of the molecule is O=C(COC(=O)CCc1ccco1)NCC1CCCCC1. The molecule has 1 fully saturated rings. The molecule has 2 rings (SSSR count). The summed E-state index contributed by atoms with van der Waals surface area (Å²) in [6, 6.07) is 3.59. The lowest BCUT2D eigenvalue weighted by Crippen LogP contribution is -2.33. The van der Waals surface area contributed by atoms with Gasteiger partial charge in [-0.15, -0.1) is 0 Å². The number of nitrogens with one attached hydrogen (secondary N) is 1. The van der Waals surface area contributed by atoms with Gasteiger partial charge in [-0.1, -0.05) is 19.3 Å². The van der Waals surface area contributed by atoms with Crippen LogP contribution < -0.4 is 5.32 Å². The van der Waals surface area contributed by atoms with Gasteiger partial charge in [-0.25, -0.2) is 0 Å². The quantitative estimate of drug-likeness (QED) is 0.784. The third-order valence-electron chi connectivity index (χ3n) is 3.83. The van der Waals surface area contributed by atoms with Gasteiger partial charge in [-0.2, -0.15) is 0 Å². The standard InChI is InChI=1S/C16H23NO4/c18-15(17-11-13-5-2-1-3-6-13)12-21-16(19)9-8-14-7-4-10-20-14/h4,7,10,13H,1-3,5-6,8-9,11-12H2,(H,17,18). The number of carbonyl (C=O) groups is 2. The van der Waals surface area contributed by atoms with Crippen LogP contribution in [0.2, 0.25) is 0 Å². The normalized spacial score (nSPS) is 15.6. The third-order valence-corrected chi connectivity index (χ3v) is 3.83. The summed E-state index contributed by atoms with van der Waals surface area (Å²) in [7, 11) is 0. The number of hydrogen-bond donors (Lipinski definition) is 1. The highest BCUT2D eigenvalue weighted by atomic mass is 16.5. The Bertz CT molecular complexity index is 435. The van der Waals surface area contributed by atoms with Gasteiger partial charge in [0.1, 0.15) is 5.76 Å². The van der Waals surface area contributed by atoms with E-state index in [9.17, 15) is 9.59 Å².